The van der Waals surface area contributed by atoms with Crippen molar-refractivity contribution in [3.05, 3.63) is 35.9 Å². The predicted molar refractivity (Wildman–Crippen MR) is 58.2 cm³/mol. The second kappa shape index (κ2) is 12.6. The Morgan fingerprint density at radius 2 is 1.62 bits per heavy atom. The second-order valence-corrected chi connectivity index (χ2v) is 3.79. The van der Waals surface area contributed by atoms with Gasteiger partial charge >= 0.3 is 33.2 Å². The average Bonchev–Trinajstić information content (AvgIpc) is 2.08. The molecule has 0 bridgehead atoms. The molecule has 1 nitrogen and oxygen atoms in total. The van der Waals surface area contributed by atoms with Gasteiger partial charge in [0.25, 0.3) is 0 Å². The van der Waals surface area contributed by atoms with E-state index in [1.54, 1.807) is 0 Å². The molecule has 0 saturated heterocycles. The molecule has 0 saturated carbocycles. The van der Waals surface area contributed by atoms with Crippen LogP contribution < -0.4 is 5.73 Å². The van der Waals surface area contributed by atoms with Crippen molar-refractivity contribution in [2.45, 2.75) is 6.42 Å². The van der Waals surface area contributed by atoms with Crippen molar-refractivity contribution in [2.24, 2.45) is 5.73 Å². The van der Waals surface area contributed by atoms with Crippen molar-refractivity contribution in [1.82, 2.24) is 0 Å². The summed E-state index contributed by atoms with van der Waals surface area (Å²) in [7, 11) is 9.47. The van der Waals surface area contributed by atoms with Crippen molar-refractivity contribution < 1.29 is 12.9 Å². The van der Waals surface area contributed by atoms with Crippen LogP contribution in [0.3, 0.4) is 0 Å². The van der Waals surface area contributed by atoms with Crippen LogP contribution in [-0.4, -0.2) is 6.54 Å². The van der Waals surface area contributed by atoms with Crippen molar-refractivity contribution in [2.75, 3.05) is 6.54 Å². The van der Waals surface area contributed by atoms with Gasteiger partial charge in [0.2, 0.25) is 0 Å². The number of halogens is 3. The molecule has 0 aromatic heterocycles. The summed E-state index contributed by atoms with van der Waals surface area (Å²) in [6.07, 6.45) is 0.987. The van der Waals surface area contributed by atoms with Gasteiger partial charge in [-0.05, 0) is 18.5 Å². The molecular weight excluding hydrogens is 275 g/mol. The number of benzene rings is 1. The van der Waals surface area contributed by atoms with Gasteiger partial charge in [-0.15, -0.1) is 12.4 Å². The van der Waals surface area contributed by atoms with E-state index < -0.39 is 0 Å². The van der Waals surface area contributed by atoms with E-state index in [9.17, 15) is 0 Å². The molecule has 2 N–H and O–H groups in total. The van der Waals surface area contributed by atoms with E-state index >= 15 is 0 Å². The van der Waals surface area contributed by atoms with Crippen LogP contribution in [0.4, 0.5) is 0 Å². The first-order chi connectivity index (χ1) is 5.85. The van der Waals surface area contributed by atoms with Crippen LogP contribution in [-0.2, 0) is 19.3 Å². The quantitative estimate of drug-likeness (QED) is 0.889. The first-order valence-corrected chi connectivity index (χ1v) is 6.29. The van der Waals surface area contributed by atoms with E-state index in [0.717, 1.165) is 13.0 Å². The Hall–Kier alpha value is 0.556. The van der Waals surface area contributed by atoms with Crippen molar-refractivity contribution in [3.8, 4) is 0 Å². The van der Waals surface area contributed by atoms with E-state index in [4.69, 9.17) is 26.0 Å². The minimum atomic E-state index is 0. The molecule has 0 atom stereocenters. The fraction of sp³-hybridized carbons (Fsp3) is 0.250. The van der Waals surface area contributed by atoms with E-state index in [-0.39, 0.29) is 12.4 Å². The number of rotatable bonds is 2. The molecular formula is C8H12Cl3CoN. The third-order valence-corrected chi connectivity index (χ3v) is 1.28. The number of hydrogen-bond acceptors (Lipinski definition) is 1. The fourth-order valence-electron chi connectivity index (χ4n) is 0.811. The molecule has 0 fully saturated rings. The molecule has 79 valence electrons. The monoisotopic (exact) mass is 286 g/mol. The summed E-state index contributed by atoms with van der Waals surface area (Å²) in [6, 6.07) is 10.3. The molecule has 0 aliphatic rings. The summed E-state index contributed by atoms with van der Waals surface area (Å²) >= 11 is 0.382. The van der Waals surface area contributed by atoms with Crippen LogP contribution in [0.15, 0.2) is 30.3 Å². The number of nitrogens with two attached hydrogens (primary N) is 1. The zero-order valence-electron chi connectivity index (χ0n) is 6.88. The van der Waals surface area contributed by atoms with Crippen LogP contribution in [0.1, 0.15) is 5.56 Å². The standard InChI is InChI=1S/C8H11N.3ClH.Co/c9-7-6-8-4-2-1-3-5-8;;;;/h1-5H,6-7,9H2;3*1H;/q;;;;+2/p-2. The molecule has 5 heteroatoms. The topological polar surface area (TPSA) is 26.0 Å². The van der Waals surface area contributed by atoms with E-state index in [1.165, 1.54) is 5.56 Å². The van der Waals surface area contributed by atoms with Gasteiger partial charge in [0.05, 0.1) is 0 Å². The van der Waals surface area contributed by atoms with Gasteiger partial charge in [-0.2, -0.15) is 0 Å². The Kier molecular flexibility index (Phi) is 15.5. The first kappa shape index (κ1) is 16.0. The van der Waals surface area contributed by atoms with Crippen LogP contribution in [0.5, 0.6) is 0 Å². The fourth-order valence-corrected chi connectivity index (χ4v) is 0.811. The Morgan fingerprint density at radius 1 is 1.15 bits per heavy atom. The van der Waals surface area contributed by atoms with Gasteiger partial charge in [-0.3, -0.25) is 0 Å². The molecule has 1 aromatic rings. The van der Waals surface area contributed by atoms with Gasteiger partial charge in [0.15, 0.2) is 0 Å². The predicted octanol–water partition coefficient (Wildman–Crippen LogP) is 2.99. The average molecular weight is 287 g/mol. The zero-order chi connectivity index (χ0) is 9.23. The van der Waals surface area contributed by atoms with Crippen LogP contribution in [0.25, 0.3) is 0 Å². The van der Waals surface area contributed by atoms with E-state index in [1.807, 2.05) is 18.2 Å². The molecule has 0 radical (unpaired) electrons. The molecule has 0 unspecified atom stereocenters. The van der Waals surface area contributed by atoms with E-state index in [0.29, 0.717) is 12.9 Å². The Balaban J connectivity index is 0. The first-order valence-electron chi connectivity index (χ1n) is 3.42. The number of hydrogen-bond donors (Lipinski definition) is 1. The normalized spacial score (nSPS) is 8.23. The molecule has 0 amide bonds. The summed E-state index contributed by atoms with van der Waals surface area (Å²) in [4.78, 5) is 0. The van der Waals surface area contributed by atoms with Gasteiger partial charge in [0.1, 0.15) is 0 Å². The summed E-state index contributed by atoms with van der Waals surface area (Å²) in [5.41, 5.74) is 6.68. The molecule has 0 spiro atoms. The molecule has 0 heterocycles. The zero-order valence-corrected chi connectivity index (χ0v) is 10.2. The summed E-state index contributed by atoms with van der Waals surface area (Å²) in [5, 5.41) is 0. The molecule has 13 heavy (non-hydrogen) atoms. The van der Waals surface area contributed by atoms with Crippen molar-refractivity contribution in [3.63, 3.8) is 0 Å². The van der Waals surface area contributed by atoms with Crippen LogP contribution in [0, 0.1) is 0 Å². The molecule has 1 rings (SSSR count). The Bertz CT molecular complexity index is 184. The van der Waals surface area contributed by atoms with Crippen LogP contribution >= 0.6 is 32.7 Å². The van der Waals surface area contributed by atoms with Gasteiger partial charge in [0, 0.05) is 0 Å². The minimum absolute atomic E-state index is 0. The van der Waals surface area contributed by atoms with Crippen molar-refractivity contribution >= 4 is 32.7 Å². The SMILES string of the molecule is Cl.NCCc1ccccc1.[Cl][Co][Cl]. The molecule has 1 aromatic carbocycles. The molecule has 0 aliphatic heterocycles. The van der Waals surface area contributed by atoms with Crippen LogP contribution in [0.2, 0.25) is 0 Å². The van der Waals surface area contributed by atoms with E-state index in [2.05, 4.69) is 12.1 Å². The summed E-state index contributed by atoms with van der Waals surface area (Å²) < 4.78 is 0. The van der Waals surface area contributed by atoms with Gasteiger partial charge < -0.3 is 5.73 Å². The van der Waals surface area contributed by atoms with Crippen molar-refractivity contribution in [1.29, 1.82) is 0 Å². The Morgan fingerprint density at radius 3 is 2.00 bits per heavy atom. The second-order valence-electron chi connectivity index (χ2n) is 2.07. The Labute approximate surface area is 99.9 Å². The van der Waals surface area contributed by atoms with Gasteiger partial charge in [-0.1, -0.05) is 30.3 Å². The third kappa shape index (κ3) is 10.5. The summed E-state index contributed by atoms with van der Waals surface area (Å²) in [5.74, 6) is 0. The summed E-state index contributed by atoms with van der Waals surface area (Å²) in [6.45, 7) is 0.740. The third-order valence-electron chi connectivity index (χ3n) is 1.28. The molecule has 0 aliphatic carbocycles. The van der Waals surface area contributed by atoms with Gasteiger partial charge in [-0.25, -0.2) is 0 Å². The maximum atomic E-state index is 5.36. The maximum absolute atomic E-state index is 5.36.